The Labute approximate surface area is 119 Å². The number of carboxylic acid groups (broad SMARTS) is 1. The first-order valence-corrected chi connectivity index (χ1v) is 6.96. The summed E-state index contributed by atoms with van der Waals surface area (Å²) in [4.78, 5) is 11.1. The van der Waals surface area contributed by atoms with Crippen LogP contribution in [-0.4, -0.2) is 11.1 Å². The second-order valence-corrected chi connectivity index (χ2v) is 5.49. The van der Waals surface area contributed by atoms with Crippen molar-refractivity contribution in [3.05, 3.63) is 58.7 Å². The molecule has 1 heterocycles. The van der Waals surface area contributed by atoms with Crippen molar-refractivity contribution in [3.8, 4) is 11.1 Å². The maximum atomic E-state index is 13.7. The van der Waals surface area contributed by atoms with Crippen LogP contribution in [0.3, 0.4) is 0 Å². The largest absolute Gasteiger partial charge is 0.478 e. The standard InChI is InChI=1S/C16H11FO2S/c1-9-11(3-2-4-14(9)17)13-8-20-15-6-5-10(16(18)19)7-12(13)15/h2-8H,1H3,(H,18,19). The molecule has 0 aliphatic heterocycles. The number of benzene rings is 2. The second-order valence-electron chi connectivity index (χ2n) is 4.58. The topological polar surface area (TPSA) is 37.3 Å². The van der Waals surface area contributed by atoms with Gasteiger partial charge >= 0.3 is 5.97 Å². The molecule has 4 heteroatoms. The third-order valence-electron chi connectivity index (χ3n) is 3.38. The molecule has 0 amide bonds. The Balaban J connectivity index is 2.28. The van der Waals surface area contributed by atoms with Crippen molar-refractivity contribution in [2.45, 2.75) is 6.92 Å². The van der Waals surface area contributed by atoms with Gasteiger partial charge in [-0.25, -0.2) is 9.18 Å². The van der Waals surface area contributed by atoms with Crippen molar-refractivity contribution in [1.29, 1.82) is 0 Å². The molecule has 3 aromatic rings. The molecule has 2 aromatic carbocycles. The third-order valence-corrected chi connectivity index (χ3v) is 4.34. The summed E-state index contributed by atoms with van der Waals surface area (Å²) < 4.78 is 14.7. The number of carboxylic acids is 1. The van der Waals surface area contributed by atoms with E-state index in [9.17, 15) is 9.18 Å². The van der Waals surface area contributed by atoms with Gasteiger partial charge in [0.1, 0.15) is 5.82 Å². The maximum Gasteiger partial charge on any atom is 0.335 e. The van der Waals surface area contributed by atoms with Gasteiger partial charge in [0.05, 0.1) is 5.56 Å². The van der Waals surface area contributed by atoms with E-state index in [1.54, 1.807) is 31.2 Å². The van der Waals surface area contributed by atoms with Crippen LogP contribution in [0.4, 0.5) is 4.39 Å². The average molecular weight is 286 g/mol. The highest BCUT2D eigenvalue weighted by Gasteiger charge is 2.13. The van der Waals surface area contributed by atoms with Gasteiger partial charge in [0.15, 0.2) is 0 Å². The molecule has 1 aromatic heterocycles. The highest BCUT2D eigenvalue weighted by atomic mass is 32.1. The van der Waals surface area contributed by atoms with Gasteiger partial charge in [0, 0.05) is 15.6 Å². The molecule has 100 valence electrons. The van der Waals surface area contributed by atoms with Gasteiger partial charge in [-0.05, 0) is 47.7 Å². The van der Waals surface area contributed by atoms with Gasteiger partial charge < -0.3 is 5.11 Å². The van der Waals surface area contributed by atoms with Crippen LogP contribution in [0.5, 0.6) is 0 Å². The summed E-state index contributed by atoms with van der Waals surface area (Å²) in [6.07, 6.45) is 0. The minimum Gasteiger partial charge on any atom is -0.478 e. The molecule has 0 aliphatic carbocycles. The molecule has 3 rings (SSSR count). The molecule has 0 radical (unpaired) electrons. The molecule has 0 saturated heterocycles. The lowest BCUT2D eigenvalue weighted by Crippen LogP contribution is -1.95. The Morgan fingerprint density at radius 2 is 2.00 bits per heavy atom. The minimum absolute atomic E-state index is 0.242. The zero-order valence-corrected chi connectivity index (χ0v) is 11.5. The maximum absolute atomic E-state index is 13.7. The Kier molecular flexibility index (Phi) is 3.03. The predicted molar refractivity (Wildman–Crippen MR) is 78.9 cm³/mol. The summed E-state index contributed by atoms with van der Waals surface area (Å²) in [7, 11) is 0. The predicted octanol–water partition coefficient (Wildman–Crippen LogP) is 4.71. The third kappa shape index (κ3) is 1.98. The number of aromatic carboxylic acids is 1. The molecular weight excluding hydrogens is 275 g/mol. The molecule has 1 N–H and O–H groups in total. The van der Waals surface area contributed by atoms with E-state index in [1.807, 2.05) is 11.4 Å². The zero-order chi connectivity index (χ0) is 14.3. The van der Waals surface area contributed by atoms with Crippen LogP contribution in [0.2, 0.25) is 0 Å². The summed E-state index contributed by atoms with van der Waals surface area (Å²) in [6, 6.07) is 9.98. The molecule has 0 atom stereocenters. The van der Waals surface area contributed by atoms with Gasteiger partial charge in [-0.2, -0.15) is 0 Å². The zero-order valence-electron chi connectivity index (χ0n) is 10.7. The summed E-state index contributed by atoms with van der Waals surface area (Å²) in [5.41, 5.74) is 2.50. The molecule has 0 fully saturated rings. The van der Waals surface area contributed by atoms with E-state index in [0.29, 0.717) is 5.56 Å². The van der Waals surface area contributed by atoms with Gasteiger partial charge in [0.2, 0.25) is 0 Å². The lowest BCUT2D eigenvalue weighted by molar-refractivity contribution is 0.0697. The van der Waals surface area contributed by atoms with Crippen LogP contribution in [0.15, 0.2) is 41.8 Å². The van der Waals surface area contributed by atoms with E-state index >= 15 is 0 Å². The van der Waals surface area contributed by atoms with E-state index in [2.05, 4.69) is 0 Å². The van der Waals surface area contributed by atoms with Crippen molar-refractivity contribution in [2.24, 2.45) is 0 Å². The number of hydrogen-bond acceptors (Lipinski definition) is 2. The van der Waals surface area contributed by atoms with Crippen molar-refractivity contribution >= 4 is 27.4 Å². The van der Waals surface area contributed by atoms with E-state index in [4.69, 9.17) is 5.11 Å². The molecule has 0 unspecified atom stereocenters. The fraction of sp³-hybridized carbons (Fsp3) is 0.0625. The van der Waals surface area contributed by atoms with Gasteiger partial charge in [-0.15, -0.1) is 11.3 Å². The van der Waals surface area contributed by atoms with Gasteiger partial charge in [-0.1, -0.05) is 12.1 Å². The monoisotopic (exact) mass is 286 g/mol. The Morgan fingerprint density at radius 1 is 1.20 bits per heavy atom. The van der Waals surface area contributed by atoms with Crippen molar-refractivity contribution in [2.75, 3.05) is 0 Å². The Hall–Kier alpha value is -2.20. The lowest BCUT2D eigenvalue weighted by Gasteiger charge is -2.06. The smallest absolute Gasteiger partial charge is 0.335 e. The van der Waals surface area contributed by atoms with Crippen LogP contribution in [-0.2, 0) is 0 Å². The van der Waals surface area contributed by atoms with E-state index in [0.717, 1.165) is 21.2 Å². The molecule has 0 bridgehead atoms. The minimum atomic E-state index is -0.958. The average Bonchev–Trinajstić information content (AvgIpc) is 2.84. The first-order valence-electron chi connectivity index (χ1n) is 6.08. The van der Waals surface area contributed by atoms with Gasteiger partial charge in [0.25, 0.3) is 0 Å². The van der Waals surface area contributed by atoms with Gasteiger partial charge in [-0.3, -0.25) is 0 Å². The summed E-state index contributed by atoms with van der Waals surface area (Å²) in [6.45, 7) is 1.73. The second kappa shape index (κ2) is 4.72. The van der Waals surface area contributed by atoms with E-state index < -0.39 is 5.97 Å². The Morgan fingerprint density at radius 3 is 2.75 bits per heavy atom. The van der Waals surface area contributed by atoms with Crippen molar-refractivity contribution in [1.82, 2.24) is 0 Å². The first kappa shape index (κ1) is 12.8. The molecule has 0 spiro atoms. The highest BCUT2D eigenvalue weighted by Crippen LogP contribution is 2.36. The van der Waals surface area contributed by atoms with Crippen LogP contribution < -0.4 is 0 Å². The van der Waals surface area contributed by atoms with Crippen LogP contribution in [0.25, 0.3) is 21.2 Å². The number of hydrogen-bond donors (Lipinski definition) is 1. The summed E-state index contributed by atoms with van der Waals surface area (Å²) in [5, 5.41) is 11.9. The number of fused-ring (bicyclic) bond motifs is 1. The molecule has 0 saturated carbocycles. The number of carbonyl (C=O) groups is 1. The number of halogens is 1. The quantitative estimate of drug-likeness (QED) is 0.740. The normalized spacial score (nSPS) is 10.9. The number of thiophene rings is 1. The number of rotatable bonds is 2. The molecule has 2 nitrogen and oxygen atoms in total. The van der Waals surface area contributed by atoms with Crippen molar-refractivity contribution in [3.63, 3.8) is 0 Å². The SMILES string of the molecule is Cc1c(F)cccc1-c1csc2ccc(C(=O)O)cc12. The van der Waals surface area contributed by atoms with Crippen LogP contribution in [0.1, 0.15) is 15.9 Å². The fourth-order valence-electron chi connectivity index (χ4n) is 2.27. The fourth-order valence-corrected chi connectivity index (χ4v) is 3.21. The van der Waals surface area contributed by atoms with E-state index in [1.165, 1.54) is 17.4 Å². The highest BCUT2D eigenvalue weighted by molar-refractivity contribution is 7.17. The lowest BCUT2D eigenvalue weighted by atomic mass is 9.99. The van der Waals surface area contributed by atoms with Crippen LogP contribution >= 0.6 is 11.3 Å². The van der Waals surface area contributed by atoms with Crippen molar-refractivity contribution < 1.29 is 14.3 Å². The molecule has 20 heavy (non-hydrogen) atoms. The summed E-state index contributed by atoms with van der Waals surface area (Å²) in [5.74, 6) is -1.21. The molecule has 0 aliphatic rings. The first-order chi connectivity index (χ1) is 9.58. The Bertz CT molecular complexity index is 820. The summed E-state index contributed by atoms with van der Waals surface area (Å²) >= 11 is 1.53. The molecular formula is C16H11FO2S. The van der Waals surface area contributed by atoms with E-state index in [-0.39, 0.29) is 11.4 Å². The van der Waals surface area contributed by atoms with Crippen LogP contribution in [0, 0.1) is 12.7 Å².